The van der Waals surface area contributed by atoms with Crippen LogP contribution in [0.15, 0.2) is 30.3 Å². The molecular weight excluding hydrogens is 208 g/mol. The average molecular weight is 222 g/mol. The van der Waals surface area contributed by atoms with Gasteiger partial charge in [0.1, 0.15) is 0 Å². The Bertz CT molecular complexity index is 381. The number of Topliss-reactive ketones (excluding diaryl/α,β-unsaturated/α-hetero) is 1. The van der Waals surface area contributed by atoms with Crippen LogP contribution in [0.25, 0.3) is 0 Å². The first-order valence-corrected chi connectivity index (χ1v) is 4.86. The molecule has 0 aliphatic rings. The summed E-state index contributed by atoms with van der Waals surface area (Å²) in [6.07, 6.45) is -0.288. The molecule has 0 saturated heterocycles. The Kier molecular flexibility index (Phi) is 3.79. The van der Waals surface area contributed by atoms with Crippen LogP contribution in [0.4, 0.5) is 0 Å². The first-order chi connectivity index (χ1) is 7.47. The summed E-state index contributed by atoms with van der Waals surface area (Å²) >= 11 is 0. The Balaban J connectivity index is 2.76. The zero-order chi connectivity index (χ0) is 12.2. The molecule has 0 bridgehead atoms. The Morgan fingerprint density at radius 1 is 1.31 bits per heavy atom. The highest BCUT2D eigenvalue weighted by Gasteiger charge is 2.34. The molecule has 1 aromatic rings. The van der Waals surface area contributed by atoms with Crippen LogP contribution < -0.4 is 0 Å². The van der Waals surface area contributed by atoms with E-state index in [2.05, 4.69) is 4.74 Å². The van der Waals surface area contributed by atoms with Crippen LogP contribution >= 0.6 is 0 Å². The SMILES string of the molecule is COC(=O)[C@@](C)(O)CC(=O)c1ccccc1. The zero-order valence-electron chi connectivity index (χ0n) is 9.27. The molecule has 0 amide bonds. The topological polar surface area (TPSA) is 63.6 Å². The van der Waals surface area contributed by atoms with Crippen molar-refractivity contribution >= 4 is 11.8 Å². The normalized spacial score (nSPS) is 13.9. The number of methoxy groups -OCH3 is 1. The summed E-state index contributed by atoms with van der Waals surface area (Å²) in [7, 11) is 1.17. The number of aliphatic hydroxyl groups is 1. The van der Waals surface area contributed by atoms with E-state index in [-0.39, 0.29) is 12.2 Å². The van der Waals surface area contributed by atoms with Gasteiger partial charge in [-0.05, 0) is 6.92 Å². The molecule has 1 rings (SSSR count). The molecule has 1 N–H and O–H groups in total. The van der Waals surface area contributed by atoms with Gasteiger partial charge in [0.2, 0.25) is 0 Å². The lowest BCUT2D eigenvalue weighted by Crippen LogP contribution is -2.38. The Labute approximate surface area is 93.9 Å². The van der Waals surface area contributed by atoms with Gasteiger partial charge in [0.25, 0.3) is 0 Å². The van der Waals surface area contributed by atoms with Crippen molar-refractivity contribution in [1.29, 1.82) is 0 Å². The number of carbonyl (C=O) groups excluding carboxylic acids is 2. The third-order valence-corrected chi connectivity index (χ3v) is 2.23. The lowest BCUT2D eigenvalue weighted by Gasteiger charge is -2.18. The molecule has 1 aromatic carbocycles. The Hall–Kier alpha value is -1.68. The maximum Gasteiger partial charge on any atom is 0.338 e. The summed E-state index contributed by atoms with van der Waals surface area (Å²) in [6.45, 7) is 1.26. The van der Waals surface area contributed by atoms with E-state index >= 15 is 0 Å². The van der Waals surface area contributed by atoms with Gasteiger partial charge in [0.15, 0.2) is 11.4 Å². The third kappa shape index (κ3) is 2.90. The standard InChI is InChI=1S/C12H14O4/c1-12(15,11(14)16-2)8-10(13)9-6-4-3-5-7-9/h3-7,15H,8H2,1-2H3/t12-/m0/s1. The van der Waals surface area contributed by atoms with Gasteiger partial charge in [-0.25, -0.2) is 4.79 Å². The van der Waals surface area contributed by atoms with Gasteiger partial charge in [-0.2, -0.15) is 0 Å². The van der Waals surface area contributed by atoms with Gasteiger partial charge >= 0.3 is 5.97 Å². The van der Waals surface area contributed by atoms with Crippen LogP contribution in [0.1, 0.15) is 23.7 Å². The molecule has 1 atom stereocenters. The van der Waals surface area contributed by atoms with Crippen LogP contribution in [-0.4, -0.2) is 29.6 Å². The van der Waals surface area contributed by atoms with Crippen molar-refractivity contribution in [3.05, 3.63) is 35.9 Å². The van der Waals surface area contributed by atoms with Crippen molar-refractivity contribution in [1.82, 2.24) is 0 Å². The van der Waals surface area contributed by atoms with Gasteiger partial charge < -0.3 is 9.84 Å². The van der Waals surface area contributed by atoms with Crippen LogP contribution in [-0.2, 0) is 9.53 Å². The predicted octanol–water partition coefficient (Wildman–Crippen LogP) is 1.18. The molecule has 4 heteroatoms. The van der Waals surface area contributed by atoms with Gasteiger partial charge in [-0.1, -0.05) is 30.3 Å². The first-order valence-electron chi connectivity index (χ1n) is 4.86. The highest BCUT2D eigenvalue weighted by atomic mass is 16.5. The maximum absolute atomic E-state index is 11.7. The monoisotopic (exact) mass is 222 g/mol. The van der Waals surface area contributed by atoms with Crippen molar-refractivity contribution in [2.75, 3.05) is 7.11 Å². The average Bonchev–Trinajstić information content (AvgIpc) is 2.28. The van der Waals surface area contributed by atoms with E-state index < -0.39 is 11.6 Å². The summed E-state index contributed by atoms with van der Waals surface area (Å²) in [5.74, 6) is -1.10. The predicted molar refractivity (Wildman–Crippen MR) is 58.0 cm³/mol. The molecule has 4 nitrogen and oxygen atoms in total. The molecule has 0 aliphatic carbocycles. The fourth-order valence-electron chi connectivity index (χ4n) is 1.33. The lowest BCUT2D eigenvalue weighted by molar-refractivity contribution is -0.160. The lowest BCUT2D eigenvalue weighted by atomic mass is 9.96. The van der Waals surface area contributed by atoms with E-state index in [4.69, 9.17) is 0 Å². The van der Waals surface area contributed by atoms with Crippen LogP contribution in [0.3, 0.4) is 0 Å². The molecule has 0 aromatic heterocycles. The minimum Gasteiger partial charge on any atom is -0.467 e. The molecule has 16 heavy (non-hydrogen) atoms. The second-order valence-corrected chi connectivity index (χ2v) is 3.73. The minimum absolute atomic E-state index is 0.288. The number of esters is 1. The largest absolute Gasteiger partial charge is 0.467 e. The highest BCUT2D eigenvalue weighted by molar-refractivity contribution is 5.99. The summed E-state index contributed by atoms with van der Waals surface area (Å²) < 4.78 is 4.41. The molecule has 0 aliphatic heterocycles. The van der Waals surface area contributed by atoms with Crippen molar-refractivity contribution < 1.29 is 19.4 Å². The number of hydrogen-bond donors (Lipinski definition) is 1. The maximum atomic E-state index is 11.7. The van der Waals surface area contributed by atoms with E-state index in [1.807, 2.05) is 0 Å². The van der Waals surface area contributed by atoms with E-state index in [0.29, 0.717) is 5.56 Å². The van der Waals surface area contributed by atoms with Crippen molar-refractivity contribution in [2.45, 2.75) is 18.9 Å². The molecule has 0 spiro atoms. The number of ether oxygens (including phenoxy) is 1. The molecule has 0 unspecified atom stereocenters. The number of rotatable bonds is 4. The quantitative estimate of drug-likeness (QED) is 0.613. The van der Waals surface area contributed by atoms with Crippen LogP contribution in [0.2, 0.25) is 0 Å². The molecule has 0 fully saturated rings. The van der Waals surface area contributed by atoms with Gasteiger partial charge in [0, 0.05) is 5.56 Å². The minimum atomic E-state index is -1.78. The Morgan fingerprint density at radius 2 is 1.88 bits per heavy atom. The van der Waals surface area contributed by atoms with Crippen molar-refractivity contribution in [3.63, 3.8) is 0 Å². The van der Waals surface area contributed by atoms with Gasteiger partial charge in [-0.3, -0.25) is 4.79 Å². The number of benzene rings is 1. The summed E-state index contributed by atoms with van der Waals surface area (Å²) in [4.78, 5) is 22.9. The Morgan fingerprint density at radius 3 is 2.38 bits per heavy atom. The second kappa shape index (κ2) is 4.90. The number of ketones is 1. The smallest absolute Gasteiger partial charge is 0.338 e. The molecule has 0 radical (unpaired) electrons. The van der Waals surface area contributed by atoms with E-state index in [0.717, 1.165) is 0 Å². The fraction of sp³-hybridized carbons (Fsp3) is 0.333. The van der Waals surface area contributed by atoms with Gasteiger partial charge in [0.05, 0.1) is 13.5 Å². The van der Waals surface area contributed by atoms with E-state index in [1.165, 1.54) is 14.0 Å². The number of hydrogen-bond acceptors (Lipinski definition) is 4. The van der Waals surface area contributed by atoms with Crippen molar-refractivity contribution in [2.24, 2.45) is 0 Å². The summed E-state index contributed by atoms with van der Waals surface area (Å²) in [5.41, 5.74) is -1.31. The zero-order valence-corrected chi connectivity index (χ0v) is 9.27. The third-order valence-electron chi connectivity index (χ3n) is 2.23. The van der Waals surface area contributed by atoms with E-state index in [9.17, 15) is 14.7 Å². The molecule has 0 saturated carbocycles. The van der Waals surface area contributed by atoms with Gasteiger partial charge in [-0.15, -0.1) is 0 Å². The summed E-state index contributed by atoms with van der Waals surface area (Å²) in [5, 5.41) is 9.72. The fourth-order valence-corrected chi connectivity index (χ4v) is 1.33. The molecular formula is C12H14O4. The molecule has 0 heterocycles. The highest BCUT2D eigenvalue weighted by Crippen LogP contribution is 2.15. The van der Waals surface area contributed by atoms with Crippen LogP contribution in [0.5, 0.6) is 0 Å². The van der Waals surface area contributed by atoms with Crippen molar-refractivity contribution in [3.8, 4) is 0 Å². The van der Waals surface area contributed by atoms with Crippen LogP contribution in [0, 0.1) is 0 Å². The second-order valence-electron chi connectivity index (χ2n) is 3.73. The summed E-state index contributed by atoms with van der Waals surface area (Å²) in [6, 6.07) is 8.50. The van der Waals surface area contributed by atoms with E-state index in [1.54, 1.807) is 30.3 Å². The number of carbonyl (C=O) groups is 2. The molecule has 86 valence electrons. The first kappa shape index (κ1) is 12.4.